The highest BCUT2D eigenvalue weighted by molar-refractivity contribution is 6.35. The van der Waals surface area contributed by atoms with Crippen molar-refractivity contribution in [2.75, 3.05) is 30.7 Å². The summed E-state index contributed by atoms with van der Waals surface area (Å²) in [4.78, 5) is 24.9. The van der Waals surface area contributed by atoms with Crippen LogP contribution in [0.15, 0.2) is 30.6 Å². The van der Waals surface area contributed by atoms with Crippen molar-refractivity contribution in [1.29, 1.82) is 5.26 Å². The maximum absolute atomic E-state index is 12.5. The van der Waals surface area contributed by atoms with Gasteiger partial charge < -0.3 is 21.5 Å². The van der Waals surface area contributed by atoms with Crippen molar-refractivity contribution in [3.05, 3.63) is 52.4 Å². The lowest BCUT2D eigenvalue weighted by molar-refractivity contribution is 0.0943. The van der Waals surface area contributed by atoms with Crippen LogP contribution in [0.2, 0.25) is 5.02 Å². The SMILES string of the molecule is N#Cc1c(N)ncnc1NCCc1nc2c(Cl)cccc2cc1C(=O)NCCO. The molecule has 2 aromatic heterocycles. The number of nitriles is 1. The van der Waals surface area contributed by atoms with E-state index < -0.39 is 0 Å². The maximum Gasteiger partial charge on any atom is 0.253 e. The number of carbonyl (C=O) groups is 1. The summed E-state index contributed by atoms with van der Waals surface area (Å²) in [7, 11) is 0. The number of aliphatic hydroxyl groups is 1. The van der Waals surface area contributed by atoms with Gasteiger partial charge in [0.05, 0.1) is 28.4 Å². The maximum atomic E-state index is 12.5. The molecule has 0 fully saturated rings. The predicted octanol–water partition coefficient (Wildman–Crippen LogP) is 1.51. The molecule has 1 amide bonds. The van der Waals surface area contributed by atoms with Gasteiger partial charge in [0, 0.05) is 24.9 Å². The molecule has 0 bridgehead atoms. The van der Waals surface area contributed by atoms with Crippen LogP contribution in [0.5, 0.6) is 0 Å². The van der Waals surface area contributed by atoms with E-state index in [4.69, 9.17) is 22.4 Å². The molecule has 9 nitrogen and oxygen atoms in total. The van der Waals surface area contributed by atoms with Crippen LogP contribution in [0.4, 0.5) is 11.6 Å². The molecule has 10 heteroatoms. The van der Waals surface area contributed by atoms with Gasteiger partial charge in [0.1, 0.15) is 29.6 Å². The second kappa shape index (κ2) is 9.14. The Bertz CT molecular complexity index is 1100. The molecule has 0 saturated carbocycles. The first kappa shape index (κ1) is 20.3. The number of aliphatic hydroxyl groups excluding tert-OH is 1. The van der Waals surface area contributed by atoms with Gasteiger partial charge in [0.2, 0.25) is 0 Å². The van der Waals surface area contributed by atoms with Crippen molar-refractivity contribution < 1.29 is 9.90 Å². The molecule has 3 aromatic rings. The number of nitrogens with one attached hydrogen (secondary N) is 2. The zero-order valence-corrected chi connectivity index (χ0v) is 16.1. The van der Waals surface area contributed by atoms with E-state index in [1.54, 1.807) is 18.2 Å². The number of hydrogen-bond donors (Lipinski definition) is 4. The lowest BCUT2D eigenvalue weighted by atomic mass is 10.1. The molecule has 1 aromatic carbocycles. The van der Waals surface area contributed by atoms with Crippen molar-refractivity contribution in [1.82, 2.24) is 20.3 Å². The standard InChI is InChI=1S/C19H18ClN7O2/c20-14-3-1-2-11-8-12(19(29)24-6-7-28)15(27-16(11)14)4-5-23-18-13(9-21)17(22)25-10-26-18/h1-3,8,10,28H,4-7H2,(H,24,29)(H3,22,23,25,26). The number of nitrogen functional groups attached to an aromatic ring is 1. The summed E-state index contributed by atoms with van der Waals surface area (Å²) in [6, 6.07) is 9.02. The van der Waals surface area contributed by atoms with Gasteiger partial charge in [-0.15, -0.1) is 0 Å². The van der Waals surface area contributed by atoms with Crippen molar-refractivity contribution in [2.24, 2.45) is 0 Å². The summed E-state index contributed by atoms with van der Waals surface area (Å²) in [5.74, 6) is 0.0576. The number of pyridine rings is 1. The van der Waals surface area contributed by atoms with E-state index in [9.17, 15) is 10.1 Å². The first-order valence-corrected chi connectivity index (χ1v) is 9.14. The largest absolute Gasteiger partial charge is 0.395 e. The van der Waals surface area contributed by atoms with E-state index in [0.717, 1.165) is 5.39 Å². The highest BCUT2D eigenvalue weighted by atomic mass is 35.5. The number of anilines is 2. The third-order valence-electron chi connectivity index (χ3n) is 4.16. The van der Waals surface area contributed by atoms with Gasteiger partial charge in [0.25, 0.3) is 5.91 Å². The Balaban J connectivity index is 1.89. The van der Waals surface area contributed by atoms with Gasteiger partial charge in [-0.05, 0) is 12.1 Å². The van der Waals surface area contributed by atoms with E-state index in [1.165, 1.54) is 6.33 Å². The van der Waals surface area contributed by atoms with Gasteiger partial charge in [-0.3, -0.25) is 9.78 Å². The molecule has 29 heavy (non-hydrogen) atoms. The third kappa shape index (κ3) is 4.51. The molecule has 148 valence electrons. The number of nitrogens with two attached hydrogens (primary N) is 1. The Hall–Kier alpha value is -3.48. The Morgan fingerprint density at radius 3 is 2.90 bits per heavy atom. The minimum atomic E-state index is -0.340. The number of rotatable bonds is 7. The summed E-state index contributed by atoms with van der Waals surface area (Å²) >= 11 is 6.25. The molecule has 5 N–H and O–H groups in total. The van der Waals surface area contributed by atoms with Crippen LogP contribution in [0.25, 0.3) is 10.9 Å². The summed E-state index contributed by atoms with van der Waals surface area (Å²) in [5, 5.41) is 25.1. The number of hydrogen-bond acceptors (Lipinski definition) is 8. The van der Waals surface area contributed by atoms with Crippen LogP contribution < -0.4 is 16.4 Å². The van der Waals surface area contributed by atoms with Crippen molar-refractivity contribution >= 4 is 40.0 Å². The monoisotopic (exact) mass is 411 g/mol. The first-order chi connectivity index (χ1) is 14.0. The number of amides is 1. The molecule has 2 heterocycles. The fourth-order valence-corrected chi connectivity index (χ4v) is 3.02. The van der Waals surface area contributed by atoms with Gasteiger partial charge in [-0.1, -0.05) is 23.7 Å². The number of fused-ring (bicyclic) bond motifs is 1. The smallest absolute Gasteiger partial charge is 0.253 e. The normalized spacial score (nSPS) is 10.5. The van der Waals surface area contributed by atoms with Crippen LogP contribution in [0, 0.1) is 11.3 Å². The number of benzene rings is 1. The minimum absolute atomic E-state index is 0.0877. The predicted molar refractivity (Wildman–Crippen MR) is 110 cm³/mol. The number of carbonyl (C=O) groups excluding carboxylic acids is 1. The molecule has 0 spiro atoms. The lowest BCUT2D eigenvalue weighted by Gasteiger charge is -2.13. The van der Waals surface area contributed by atoms with Crippen LogP contribution in [-0.2, 0) is 6.42 Å². The molecule has 3 rings (SSSR count). The highest BCUT2D eigenvalue weighted by Gasteiger charge is 2.16. The van der Waals surface area contributed by atoms with E-state index in [2.05, 4.69) is 25.6 Å². The molecule has 0 aliphatic rings. The van der Waals surface area contributed by atoms with Crippen molar-refractivity contribution in [2.45, 2.75) is 6.42 Å². The van der Waals surface area contributed by atoms with Gasteiger partial charge in [-0.25, -0.2) is 9.97 Å². The van der Waals surface area contributed by atoms with Crippen LogP contribution in [0.1, 0.15) is 21.6 Å². The number of aromatic nitrogens is 3. The third-order valence-corrected chi connectivity index (χ3v) is 4.47. The number of nitrogens with zero attached hydrogens (tertiary/aromatic N) is 4. The van der Waals surface area contributed by atoms with Gasteiger partial charge in [-0.2, -0.15) is 5.26 Å². The fourth-order valence-electron chi connectivity index (χ4n) is 2.80. The average Bonchev–Trinajstić information content (AvgIpc) is 2.72. The van der Waals surface area contributed by atoms with Gasteiger partial charge in [0.15, 0.2) is 0 Å². The van der Waals surface area contributed by atoms with E-state index >= 15 is 0 Å². The summed E-state index contributed by atoms with van der Waals surface area (Å²) < 4.78 is 0. The van der Waals surface area contributed by atoms with E-state index in [0.29, 0.717) is 40.6 Å². The summed E-state index contributed by atoms with van der Waals surface area (Å²) in [6.45, 7) is 0.311. The Morgan fingerprint density at radius 2 is 2.14 bits per heavy atom. The molecule has 0 aliphatic carbocycles. The van der Waals surface area contributed by atoms with E-state index in [-0.39, 0.29) is 30.4 Å². The Labute approximate surface area is 171 Å². The summed E-state index contributed by atoms with van der Waals surface area (Å²) in [6.07, 6.45) is 1.62. The quantitative estimate of drug-likeness (QED) is 0.456. The topological polar surface area (TPSA) is 150 Å². The molecule has 0 radical (unpaired) electrons. The van der Waals surface area contributed by atoms with Gasteiger partial charge >= 0.3 is 0 Å². The zero-order valence-electron chi connectivity index (χ0n) is 15.3. The first-order valence-electron chi connectivity index (χ1n) is 8.76. The van der Waals surface area contributed by atoms with Crippen molar-refractivity contribution in [3.63, 3.8) is 0 Å². The molecule has 0 unspecified atom stereocenters. The minimum Gasteiger partial charge on any atom is -0.395 e. The molecule has 0 saturated heterocycles. The summed E-state index contributed by atoms with van der Waals surface area (Å²) in [5.41, 5.74) is 7.34. The fraction of sp³-hybridized carbons (Fsp3) is 0.211. The molecular weight excluding hydrogens is 394 g/mol. The second-order valence-electron chi connectivity index (χ2n) is 6.04. The Morgan fingerprint density at radius 1 is 1.31 bits per heavy atom. The van der Waals surface area contributed by atoms with Crippen LogP contribution in [0.3, 0.4) is 0 Å². The highest BCUT2D eigenvalue weighted by Crippen LogP contribution is 2.24. The second-order valence-corrected chi connectivity index (χ2v) is 6.45. The number of halogens is 1. The molecule has 0 atom stereocenters. The van der Waals surface area contributed by atoms with Crippen molar-refractivity contribution in [3.8, 4) is 6.07 Å². The van der Waals surface area contributed by atoms with E-state index in [1.807, 2.05) is 12.1 Å². The molecular formula is C19H18ClN7O2. The average molecular weight is 412 g/mol. The Kier molecular flexibility index (Phi) is 6.39. The van der Waals surface area contributed by atoms with Crippen LogP contribution in [-0.4, -0.2) is 45.7 Å². The lowest BCUT2D eigenvalue weighted by Crippen LogP contribution is -2.28. The molecule has 0 aliphatic heterocycles. The van der Waals surface area contributed by atoms with Crippen LogP contribution >= 0.6 is 11.6 Å². The number of para-hydroxylation sites is 1. The zero-order chi connectivity index (χ0) is 20.8.